The SMILES string of the molecule is O=C1CCCC(O)=C1c1ccc2cc(-c3ccc(SC4CC5CCC6CCCC4C6C5)cc3)ccc2c1. The molecule has 0 aromatic heterocycles. The number of hydrogen-bond acceptors (Lipinski definition) is 3. The summed E-state index contributed by atoms with van der Waals surface area (Å²) in [7, 11) is 0. The summed E-state index contributed by atoms with van der Waals surface area (Å²) in [5.74, 6) is 4.24. The Balaban J connectivity index is 1.10. The van der Waals surface area contributed by atoms with E-state index < -0.39 is 0 Å². The number of benzene rings is 3. The molecule has 2 bridgehead atoms. The van der Waals surface area contributed by atoms with E-state index in [1.54, 1.807) is 0 Å². The van der Waals surface area contributed by atoms with Crippen LogP contribution in [0, 0.1) is 23.7 Å². The van der Waals surface area contributed by atoms with Crippen LogP contribution in [0.4, 0.5) is 0 Å². The predicted octanol–water partition coefficient (Wildman–Crippen LogP) is 9.23. The van der Waals surface area contributed by atoms with E-state index in [-0.39, 0.29) is 11.5 Å². The molecule has 0 saturated heterocycles. The molecule has 3 fully saturated rings. The molecule has 0 amide bonds. The van der Waals surface area contributed by atoms with Crippen molar-refractivity contribution in [2.75, 3.05) is 0 Å². The molecule has 37 heavy (non-hydrogen) atoms. The van der Waals surface area contributed by atoms with Crippen LogP contribution in [0.15, 0.2) is 71.3 Å². The minimum absolute atomic E-state index is 0.0532. The van der Waals surface area contributed by atoms with E-state index in [1.807, 2.05) is 12.1 Å². The van der Waals surface area contributed by atoms with Crippen LogP contribution in [0.5, 0.6) is 0 Å². The van der Waals surface area contributed by atoms with Crippen LogP contribution in [0.2, 0.25) is 0 Å². The van der Waals surface area contributed by atoms with Gasteiger partial charge in [0.1, 0.15) is 5.76 Å². The Morgan fingerprint density at radius 1 is 0.703 bits per heavy atom. The van der Waals surface area contributed by atoms with Gasteiger partial charge in [0.05, 0.1) is 5.57 Å². The van der Waals surface area contributed by atoms with Gasteiger partial charge in [-0.25, -0.2) is 0 Å². The van der Waals surface area contributed by atoms with Crippen LogP contribution in [0.3, 0.4) is 0 Å². The molecule has 3 aromatic carbocycles. The summed E-state index contributed by atoms with van der Waals surface area (Å²) < 4.78 is 0. The number of Topliss-reactive ketones (excluding diaryl/α,β-unsaturated/α-hetero) is 1. The van der Waals surface area contributed by atoms with Gasteiger partial charge in [0.2, 0.25) is 0 Å². The summed E-state index contributed by atoms with van der Waals surface area (Å²) in [6, 6.07) is 21.9. The van der Waals surface area contributed by atoms with Crippen molar-refractivity contribution >= 4 is 33.9 Å². The molecule has 3 heteroatoms. The molecule has 5 atom stereocenters. The average molecular weight is 509 g/mol. The Morgan fingerprint density at radius 2 is 1.46 bits per heavy atom. The first-order chi connectivity index (χ1) is 18.1. The van der Waals surface area contributed by atoms with Crippen molar-refractivity contribution in [1.29, 1.82) is 0 Å². The summed E-state index contributed by atoms with van der Waals surface area (Å²) in [5, 5.41) is 13.4. The third kappa shape index (κ3) is 4.44. The van der Waals surface area contributed by atoms with Gasteiger partial charge in [-0.15, -0.1) is 11.8 Å². The van der Waals surface area contributed by atoms with Crippen LogP contribution in [0.25, 0.3) is 27.5 Å². The van der Waals surface area contributed by atoms with E-state index in [0.717, 1.165) is 51.7 Å². The van der Waals surface area contributed by atoms with Crippen LogP contribution < -0.4 is 0 Å². The number of fused-ring (bicyclic) bond motifs is 2. The second-order valence-electron chi connectivity index (χ2n) is 12.0. The van der Waals surface area contributed by atoms with E-state index >= 15 is 0 Å². The van der Waals surface area contributed by atoms with Crippen molar-refractivity contribution < 1.29 is 9.90 Å². The normalized spacial score (nSPS) is 29.5. The molecule has 2 nitrogen and oxygen atoms in total. The molecule has 5 unspecified atom stereocenters. The Labute approximate surface area is 224 Å². The highest BCUT2D eigenvalue weighted by molar-refractivity contribution is 8.00. The Bertz CT molecular complexity index is 1370. The lowest BCUT2D eigenvalue weighted by Gasteiger charge is -2.51. The highest BCUT2D eigenvalue weighted by atomic mass is 32.2. The molecule has 3 aromatic rings. The number of rotatable bonds is 4. The van der Waals surface area contributed by atoms with Crippen molar-refractivity contribution in [3.05, 3.63) is 72.0 Å². The van der Waals surface area contributed by atoms with E-state index in [9.17, 15) is 9.90 Å². The van der Waals surface area contributed by atoms with E-state index in [2.05, 4.69) is 60.3 Å². The van der Waals surface area contributed by atoms with Crippen LogP contribution in [-0.2, 0) is 4.79 Å². The van der Waals surface area contributed by atoms with E-state index in [1.165, 1.54) is 61.0 Å². The first-order valence-electron chi connectivity index (χ1n) is 14.4. The molecule has 0 aliphatic heterocycles. The number of aliphatic hydroxyl groups excluding tert-OH is 1. The largest absolute Gasteiger partial charge is 0.512 e. The number of aliphatic hydroxyl groups is 1. The number of ketones is 1. The second kappa shape index (κ2) is 9.66. The molecule has 1 N–H and O–H groups in total. The summed E-state index contributed by atoms with van der Waals surface area (Å²) in [6.07, 6.45) is 12.2. The lowest BCUT2D eigenvalue weighted by Crippen LogP contribution is -2.44. The van der Waals surface area contributed by atoms with Crippen molar-refractivity contribution in [2.45, 2.75) is 74.4 Å². The number of allylic oxidation sites excluding steroid dienone is 2. The molecule has 0 heterocycles. The lowest BCUT2D eigenvalue weighted by molar-refractivity contribution is -0.114. The van der Waals surface area contributed by atoms with E-state index in [0.29, 0.717) is 18.4 Å². The zero-order valence-electron chi connectivity index (χ0n) is 21.5. The van der Waals surface area contributed by atoms with Crippen molar-refractivity contribution in [3.63, 3.8) is 0 Å². The summed E-state index contributed by atoms with van der Waals surface area (Å²) in [5.41, 5.74) is 3.81. The maximum absolute atomic E-state index is 12.4. The van der Waals surface area contributed by atoms with Crippen LogP contribution in [0.1, 0.15) is 69.8 Å². The van der Waals surface area contributed by atoms with Gasteiger partial charge in [-0.05, 0) is 108 Å². The molecule has 7 rings (SSSR count). The summed E-state index contributed by atoms with van der Waals surface area (Å²) in [4.78, 5) is 13.8. The molecule has 4 aliphatic carbocycles. The fraction of sp³-hybridized carbons (Fsp3) is 0.441. The minimum Gasteiger partial charge on any atom is -0.512 e. The molecule has 0 spiro atoms. The zero-order valence-corrected chi connectivity index (χ0v) is 22.3. The predicted molar refractivity (Wildman–Crippen MR) is 154 cm³/mol. The van der Waals surface area contributed by atoms with Gasteiger partial charge in [0, 0.05) is 23.0 Å². The van der Waals surface area contributed by atoms with Crippen LogP contribution >= 0.6 is 11.8 Å². The topological polar surface area (TPSA) is 37.3 Å². The van der Waals surface area contributed by atoms with Gasteiger partial charge in [0.15, 0.2) is 5.78 Å². The van der Waals surface area contributed by atoms with Gasteiger partial charge in [-0.3, -0.25) is 4.79 Å². The summed E-state index contributed by atoms with van der Waals surface area (Å²) >= 11 is 2.16. The average Bonchev–Trinajstić information content (AvgIpc) is 2.93. The number of hydrogen-bond donors (Lipinski definition) is 1. The monoisotopic (exact) mass is 508 g/mol. The van der Waals surface area contributed by atoms with Gasteiger partial charge in [0.25, 0.3) is 0 Å². The molecule has 0 radical (unpaired) electrons. The number of carbonyl (C=O) groups excluding carboxylic acids is 1. The Morgan fingerprint density at radius 3 is 2.27 bits per heavy atom. The summed E-state index contributed by atoms with van der Waals surface area (Å²) in [6.45, 7) is 0. The maximum atomic E-state index is 12.4. The highest BCUT2D eigenvalue weighted by Crippen LogP contribution is 2.55. The van der Waals surface area contributed by atoms with E-state index in [4.69, 9.17) is 0 Å². The van der Waals surface area contributed by atoms with Crippen molar-refractivity contribution in [2.24, 2.45) is 23.7 Å². The maximum Gasteiger partial charge on any atom is 0.166 e. The molecule has 4 aliphatic rings. The van der Waals surface area contributed by atoms with Gasteiger partial charge >= 0.3 is 0 Å². The second-order valence-corrected chi connectivity index (χ2v) is 13.3. The Kier molecular flexibility index (Phi) is 6.16. The minimum atomic E-state index is 0.0532. The third-order valence-corrected chi connectivity index (χ3v) is 11.2. The molecule has 190 valence electrons. The number of carbonyl (C=O) groups is 1. The quantitative estimate of drug-likeness (QED) is 0.382. The lowest BCUT2D eigenvalue weighted by atomic mass is 9.57. The highest BCUT2D eigenvalue weighted by Gasteiger charge is 2.46. The fourth-order valence-electron chi connectivity index (χ4n) is 8.02. The standard InChI is InChI=1S/C34H36O2S/c35-31-5-2-6-32(36)34(31)27-12-11-25-19-24(9-10-26(25)20-27)22-13-15-28(16-14-22)37-33-18-21-7-8-23-3-1-4-29(33)30(23)17-21/h9-16,19-21,23,29-30,33,35H,1-8,17-18H2. The zero-order chi connectivity index (χ0) is 24.9. The van der Waals surface area contributed by atoms with Crippen LogP contribution in [-0.4, -0.2) is 16.1 Å². The first kappa shape index (κ1) is 23.6. The first-order valence-corrected chi connectivity index (χ1v) is 15.3. The molecule has 3 saturated carbocycles. The number of thioether (sulfide) groups is 1. The molecular formula is C34H36O2S. The van der Waals surface area contributed by atoms with Gasteiger partial charge < -0.3 is 5.11 Å². The van der Waals surface area contributed by atoms with Crippen molar-refractivity contribution in [1.82, 2.24) is 0 Å². The van der Waals surface area contributed by atoms with Crippen molar-refractivity contribution in [3.8, 4) is 11.1 Å². The van der Waals surface area contributed by atoms with Gasteiger partial charge in [-0.2, -0.15) is 0 Å². The van der Waals surface area contributed by atoms with Gasteiger partial charge in [-0.1, -0.05) is 55.7 Å². The molecular weight excluding hydrogens is 472 g/mol. The Hall–Kier alpha value is -2.52. The smallest absolute Gasteiger partial charge is 0.166 e. The third-order valence-electron chi connectivity index (χ3n) is 9.85. The fourth-order valence-corrected chi connectivity index (χ4v) is 9.55.